The lowest BCUT2D eigenvalue weighted by Gasteiger charge is -2.04. The standard InChI is InChI=1S/C19H20FN3O/c1-14-2-4-15(5-3-14)19-16(12-21-10-11-24)13-23(22-19)18-8-6-17(20)7-9-18/h2-9,13,21,24H,10-12H2,1H3. The van der Waals surface area contributed by atoms with E-state index >= 15 is 0 Å². The maximum atomic E-state index is 13.1. The summed E-state index contributed by atoms with van der Waals surface area (Å²) < 4.78 is 14.9. The lowest BCUT2D eigenvalue weighted by Crippen LogP contribution is -2.17. The van der Waals surface area contributed by atoms with Crippen LogP contribution in [0.5, 0.6) is 0 Å². The Morgan fingerprint density at radius 3 is 2.46 bits per heavy atom. The van der Waals surface area contributed by atoms with Crippen LogP contribution in [0.4, 0.5) is 4.39 Å². The van der Waals surface area contributed by atoms with E-state index in [0.29, 0.717) is 13.1 Å². The minimum Gasteiger partial charge on any atom is -0.395 e. The van der Waals surface area contributed by atoms with E-state index in [0.717, 1.165) is 22.5 Å². The number of hydrogen-bond donors (Lipinski definition) is 2. The maximum Gasteiger partial charge on any atom is 0.123 e. The van der Waals surface area contributed by atoms with Gasteiger partial charge in [-0.3, -0.25) is 0 Å². The molecule has 3 rings (SSSR count). The number of rotatable bonds is 6. The molecule has 0 atom stereocenters. The second-order valence-electron chi connectivity index (χ2n) is 5.69. The van der Waals surface area contributed by atoms with Gasteiger partial charge in [-0.15, -0.1) is 0 Å². The number of aromatic nitrogens is 2. The van der Waals surface area contributed by atoms with Gasteiger partial charge in [0.05, 0.1) is 18.0 Å². The quantitative estimate of drug-likeness (QED) is 0.685. The molecule has 0 aliphatic heterocycles. The Labute approximate surface area is 140 Å². The van der Waals surface area contributed by atoms with Crippen molar-refractivity contribution in [1.29, 1.82) is 0 Å². The predicted molar refractivity (Wildman–Crippen MR) is 92.5 cm³/mol. The molecule has 3 aromatic rings. The van der Waals surface area contributed by atoms with Gasteiger partial charge in [0.2, 0.25) is 0 Å². The molecule has 0 radical (unpaired) electrons. The molecule has 1 heterocycles. The first-order valence-corrected chi connectivity index (χ1v) is 7.90. The van der Waals surface area contributed by atoms with Crippen molar-refractivity contribution in [3.63, 3.8) is 0 Å². The highest BCUT2D eigenvalue weighted by molar-refractivity contribution is 5.63. The van der Waals surface area contributed by atoms with Crippen molar-refractivity contribution in [3.05, 3.63) is 71.7 Å². The van der Waals surface area contributed by atoms with Crippen LogP contribution in [-0.2, 0) is 6.54 Å². The highest BCUT2D eigenvalue weighted by atomic mass is 19.1. The monoisotopic (exact) mass is 325 g/mol. The van der Waals surface area contributed by atoms with E-state index in [9.17, 15) is 4.39 Å². The van der Waals surface area contributed by atoms with Crippen molar-refractivity contribution in [3.8, 4) is 16.9 Å². The Hall–Kier alpha value is -2.50. The van der Waals surface area contributed by atoms with Crippen LogP contribution < -0.4 is 5.32 Å². The number of nitrogens with zero attached hydrogens (tertiary/aromatic N) is 2. The van der Waals surface area contributed by atoms with Crippen LogP contribution in [0, 0.1) is 12.7 Å². The fourth-order valence-corrected chi connectivity index (χ4v) is 2.52. The predicted octanol–water partition coefficient (Wildman–Crippen LogP) is 3.07. The Balaban J connectivity index is 1.98. The Morgan fingerprint density at radius 1 is 1.08 bits per heavy atom. The number of nitrogens with one attached hydrogen (secondary N) is 1. The van der Waals surface area contributed by atoms with Crippen LogP contribution in [-0.4, -0.2) is 28.0 Å². The van der Waals surface area contributed by atoms with E-state index in [1.54, 1.807) is 16.8 Å². The third-order valence-electron chi connectivity index (χ3n) is 3.81. The molecule has 0 fully saturated rings. The highest BCUT2D eigenvalue weighted by Crippen LogP contribution is 2.24. The molecule has 0 spiro atoms. The van der Waals surface area contributed by atoms with Gasteiger partial charge in [-0.05, 0) is 31.2 Å². The minimum atomic E-state index is -0.269. The lowest BCUT2D eigenvalue weighted by atomic mass is 10.1. The topological polar surface area (TPSA) is 50.1 Å². The van der Waals surface area contributed by atoms with Gasteiger partial charge in [0.1, 0.15) is 5.82 Å². The summed E-state index contributed by atoms with van der Waals surface area (Å²) in [6, 6.07) is 14.4. The Kier molecular flexibility index (Phi) is 5.03. The molecule has 1 aromatic heterocycles. The largest absolute Gasteiger partial charge is 0.395 e. The summed E-state index contributed by atoms with van der Waals surface area (Å²) in [6.45, 7) is 3.26. The van der Waals surface area contributed by atoms with E-state index in [2.05, 4.69) is 22.5 Å². The zero-order chi connectivity index (χ0) is 16.9. The zero-order valence-electron chi connectivity index (χ0n) is 13.5. The summed E-state index contributed by atoms with van der Waals surface area (Å²) in [5, 5.41) is 16.8. The summed E-state index contributed by atoms with van der Waals surface area (Å²) in [4.78, 5) is 0. The average Bonchev–Trinajstić information content (AvgIpc) is 3.01. The second-order valence-corrected chi connectivity index (χ2v) is 5.69. The fraction of sp³-hybridized carbons (Fsp3) is 0.211. The second kappa shape index (κ2) is 7.38. The van der Waals surface area contributed by atoms with E-state index in [1.165, 1.54) is 17.7 Å². The van der Waals surface area contributed by atoms with Crippen molar-refractivity contribution in [2.24, 2.45) is 0 Å². The van der Waals surface area contributed by atoms with Gasteiger partial charge in [-0.25, -0.2) is 9.07 Å². The molecule has 0 saturated heterocycles. The minimum absolute atomic E-state index is 0.0893. The van der Waals surface area contributed by atoms with Crippen LogP contribution in [0.25, 0.3) is 16.9 Å². The summed E-state index contributed by atoms with van der Waals surface area (Å²) in [5.41, 5.74) is 4.93. The number of hydrogen-bond acceptors (Lipinski definition) is 3. The summed E-state index contributed by atoms with van der Waals surface area (Å²) in [7, 11) is 0. The summed E-state index contributed by atoms with van der Waals surface area (Å²) >= 11 is 0. The van der Waals surface area contributed by atoms with Crippen LogP contribution in [0.1, 0.15) is 11.1 Å². The molecule has 0 saturated carbocycles. The third kappa shape index (κ3) is 3.69. The molecule has 4 nitrogen and oxygen atoms in total. The molecule has 24 heavy (non-hydrogen) atoms. The van der Waals surface area contributed by atoms with E-state index in [4.69, 9.17) is 5.11 Å². The normalized spacial score (nSPS) is 11.0. The smallest absolute Gasteiger partial charge is 0.123 e. The highest BCUT2D eigenvalue weighted by Gasteiger charge is 2.12. The molecule has 5 heteroatoms. The number of halogens is 1. The van der Waals surface area contributed by atoms with Crippen LogP contribution >= 0.6 is 0 Å². The number of benzene rings is 2. The molecular formula is C19H20FN3O. The van der Waals surface area contributed by atoms with E-state index in [1.807, 2.05) is 25.3 Å². The maximum absolute atomic E-state index is 13.1. The van der Waals surface area contributed by atoms with Crippen LogP contribution in [0.2, 0.25) is 0 Å². The average molecular weight is 325 g/mol. The van der Waals surface area contributed by atoms with Gasteiger partial charge >= 0.3 is 0 Å². The van der Waals surface area contributed by atoms with Crippen LogP contribution in [0.15, 0.2) is 54.7 Å². The van der Waals surface area contributed by atoms with Crippen molar-refractivity contribution in [1.82, 2.24) is 15.1 Å². The van der Waals surface area contributed by atoms with Crippen molar-refractivity contribution >= 4 is 0 Å². The fourth-order valence-electron chi connectivity index (χ4n) is 2.52. The SMILES string of the molecule is Cc1ccc(-c2nn(-c3ccc(F)cc3)cc2CNCCO)cc1. The lowest BCUT2D eigenvalue weighted by molar-refractivity contribution is 0.292. The summed E-state index contributed by atoms with van der Waals surface area (Å²) in [6.07, 6.45) is 1.94. The first kappa shape index (κ1) is 16.4. The molecule has 0 aliphatic rings. The number of aliphatic hydroxyl groups is 1. The first-order valence-electron chi connectivity index (χ1n) is 7.90. The molecule has 0 unspecified atom stereocenters. The summed E-state index contributed by atoms with van der Waals surface area (Å²) in [5.74, 6) is -0.269. The van der Waals surface area contributed by atoms with Gasteiger partial charge in [-0.1, -0.05) is 29.8 Å². The third-order valence-corrected chi connectivity index (χ3v) is 3.81. The van der Waals surface area contributed by atoms with Crippen molar-refractivity contribution < 1.29 is 9.50 Å². The zero-order valence-corrected chi connectivity index (χ0v) is 13.5. The van der Waals surface area contributed by atoms with E-state index in [-0.39, 0.29) is 12.4 Å². The Bertz CT molecular complexity index is 794. The van der Waals surface area contributed by atoms with Crippen molar-refractivity contribution in [2.75, 3.05) is 13.2 Å². The number of aliphatic hydroxyl groups excluding tert-OH is 1. The van der Waals surface area contributed by atoms with Gasteiger partial charge in [0, 0.05) is 30.4 Å². The molecule has 2 N–H and O–H groups in total. The van der Waals surface area contributed by atoms with E-state index < -0.39 is 0 Å². The molecule has 2 aromatic carbocycles. The van der Waals surface area contributed by atoms with Gasteiger partial charge in [0.15, 0.2) is 0 Å². The molecule has 0 amide bonds. The van der Waals surface area contributed by atoms with Crippen molar-refractivity contribution in [2.45, 2.75) is 13.5 Å². The van der Waals surface area contributed by atoms with Gasteiger partial charge in [-0.2, -0.15) is 5.10 Å². The molecule has 0 aliphatic carbocycles. The van der Waals surface area contributed by atoms with Crippen LogP contribution in [0.3, 0.4) is 0 Å². The molecular weight excluding hydrogens is 305 g/mol. The number of aryl methyl sites for hydroxylation is 1. The first-order chi connectivity index (χ1) is 11.7. The van der Waals surface area contributed by atoms with Gasteiger partial charge in [0.25, 0.3) is 0 Å². The Morgan fingerprint density at radius 2 is 1.79 bits per heavy atom. The molecule has 0 bridgehead atoms. The van der Waals surface area contributed by atoms with Gasteiger partial charge < -0.3 is 10.4 Å². The molecule has 124 valence electrons.